The number of unbranched alkanes of at least 4 members (excludes halogenated alkanes) is 9. The molecule has 0 aromatic rings. The first-order valence-corrected chi connectivity index (χ1v) is 11.9. The summed E-state index contributed by atoms with van der Waals surface area (Å²) >= 11 is 0. The number of aliphatic hydroxyl groups is 2. The molecule has 0 aliphatic heterocycles. The van der Waals surface area contributed by atoms with Crippen LogP contribution in [-0.4, -0.2) is 38.8 Å². The Kier molecular flexibility index (Phi) is 17.8. The largest absolute Gasteiger partial charge is 0.469 e. The van der Waals surface area contributed by atoms with Gasteiger partial charge >= 0.3 is 7.82 Å². The van der Waals surface area contributed by atoms with Gasteiger partial charge in [0.05, 0.1) is 6.61 Å². The number of phosphoric acid groups is 1. The molecule has 0 amide bonds. The zero-order chi connectivity index (χ0) is 21.1. The van der Waals surface area contributed by atoms with Crippen molar-refractivity contribution in [3.8, 4) is 0 Å². The van der Waals surface area contributed by atoms with Gasteiger partial charge in [0, 0.05) is 0 Å². The average Bonchev–Trinajstić information content (AvgIpc) is 2.65. The highest BCUT2D eigenvalue weighted by molar-refractivity contribution is 7.46. The highest BCUT2D eigenvalue weighted by atomic mass is 31.2. The minimum absolute atomic E-state index is 0.0827. The molecule has 0 saturated heterocycles. The molecular formula is C21H39O6P. The lowest BCUT2D eigenvalue weighted by molar-refractivity contribution is -0.0117. The number of rotatable bonds is 18. The molecule has 6 nitrogen and oxygen atoms in total. The van der Waals surface area contributed by atoms with Crippen LogP contribution in [0.15, 0.2) is 36.5 Å². The fraction of sp³-hybridized carbons (Fsp3) is 0.714. The van der Waals surface area contributed by atoms with Gasteiger partial charge in [-0.15, -0.1) is 0 Å². The third-order valence-electron chi connectivity index (χ3n) is 4.34. The summed E-state index contributed by atoms with van der Waals surface area (Å²) in [6, 6.07) is 0. The zero-order valence-electron chi connectivity index (χ0n) is 17.2. The highest BCUT2D eigenvalue weighted by Gasteiger charge is 2.26. The molecule has 0 spiro atoms. The van der Waals surface area contributed by atoms with Crippen LogP contribution in [0.1, 0.15) is 77.6 Å². The van der Waals surface area contributed by atoms with Gasteiger partial charge in [0.25, 0.3) is 0 Å². The third kappa shape index (κ3) is 18.6. The number of hydrogen-bond donors (Lipinski definition) is 4. The molecule has 0 aliphatic carbocycles. The summed E-state index contributed by atoms with van der Waals surface area (Å²) < 4.78 is 15.3. The first-order chi connectivity index (χ1) is 13.4. The van der Waals surface area contributed by atoms with Crippen LogP contribution in [-0.2, 0) is 9.09 Å². The van der Waals surface area contributed by atoms with Crippen LogP contribution in [0.4, 0.5) is 0 Å². The minimum atomic E-state index is -4.71. The van der Waals surface area contributed by atoms with E-state index in [1.807, 2.05) is 12.2 Å². The standard InChI is InChI=1S/C21H39O6P/c1-2-3-4-5-6-7-8-9-10-11-12-13-14-15-16-17-18-21(20(23)19-22)27-28(24,25)26/h12-17,20-23H,2-11,18-19H2,1H3,(H2,24,25,26)/b13-12-,15-14+,17-16+/t20-,21?/m0/s1. The quantitative estimate of drug-likeness (QED) is 0.145. The first-order valence-electron chi connectivity index (χ1n) is 10.4. The van der Waals surface area contributed by atoms with Crippen molar-refractivity contribution < 1.29 is 29.1 Å². The molecule has 0 aromatic heterocycles. The second-order valence-corrected chi connectivity index (χ2v) is 8.17. The Morgan fingerprint density at radius 1 is 0.857 bits per heavy atom. The molecule has 0 rings (SSSR count). The fourth-order valence-corrected chi connectivity index (χ4v) is 3.31. The first kappa shape index (κ1) is 27.2. The second kappa shape index (κ2) is 18.3. The van der Waals surface area contributed by atoms with E-state index in [4.69, 9.17) is 14.9 Å². The maximum atomic E-state index is 10.9. The van der Waals surface area contributed by atoms with Gasteiger partial charge in [0.1, 0.15) is 12.2 Å². The van der Waals surface area contributed by atoms with Gasteiger partial charge < -0.3 is 20.0 Å². The summed E-state index contributed by atoms with van der Waals surface area (Å²) in [5.41, 5.74) is 0. The summed E-state index contributed by atoms with van der Waals surface area (Å²) in [7, 11) is -4.71. The van der Waals surface area contributed by atoms with E-state index in [2.05, 4.69) is 17.5 Å². The van der Waals surface area contributed by atoms with Gasteiger partial charge in [-0.3, -0.25) is 4.52 Å². The van der Waals surface area contributed by atoms with E-state index >= 15 is 0 Å². The molecule has 0 radical (unpaired) electrons. The Morgan fingerprint density at radius 3 is 1.93 bits per heavy atom. The van der Waals surface area contributed by atoms with Crippen LogP contribution in [0.2, 0.25) is 0 Å². The molecule has 2 atom stereocenters. The van der Waals surface area contributed by atoms with Gasteiger partial charge in [-0.25, -0.2) is 4.57 Å². The van der Waals surface area contributed by atoms with Gasteiger partial charge in [0.15, 0.2) is 0 Å². The smallest absolute Gasteiger partial charge is 0.394 e. The summed E-state index contributed by atoms with van der Waals surface area (Å²) in [5.74, 6) is 0. The molecule has 1 unspecified atom stereocenters. The van der Waals surface area contributed by atoms with Crippen LogP contribution < -0.4 is 0 Å². The average molecular weight is 419 g/mol. The molecule has 0 bridgehead atoms. The van der Waals surface area contributed by atoms with E-state index in [0.717, 1.165) is 6.42 Å². The van der Waals surface area contributed by atoms with E-state index in [9.17, 15) is 9.67 Å². The molecule has 28 heavy (non-hydrogen) atoms. The second-order valence-electron chi connectivity index (χ2n) is 6.98. The summed E-state index contributed by atoms with van der Waals surface area (Å²) in [5, 5.41) is 18.4. The van der Waals surface area contributed by atoms with Crippen LogP contribution in [0.5, 0.6) is 0 Å². The molecule has 0 aliphatic rings. The SMILES string of the molecule is CCCCCCCCCCC\C=C/C=C/C=C/CC(OP(=O)(O)O)[C@@H](O)CO. The van der Waals surface area contributed by atoms with Crippen molar-refractivity contribution in [3.05, 3.63) is 36.5 Å². The lowest BCUT2D eigenvalue weighted by Crippen LogP contribution is -2.30. The lowest BCUT2D eigenvalue weighted by Gasteiger charge is -2.20. The van der Waals surface area contributed by atoms with Crippen molar-refractivity contribution in [1.82, 2.24) is 0 Å². The zero-order valence-corrected chi connectivity index (χ0v) is 18.1. The van der Waals surface area contributed by atoms with E-state index in [1.165, 1.54) is 57.8 Å². The topological polar surface area (TPSA) is 107 Å². The maximum absolute atomic E-state index is 10.9. The number of hydrogen-bond acceptors (Lipinski definition) is 4. The van der Waals surface area contributed by atoms with Crippen molar-refractivity contribution in [3.63, 3.8) is 0 Å². The molecule has 4 N–H and O–H groups in total. The normalized spacial score (nSPS) is 15.2. The van der Waals surface area contributed by atoms with Crippen LogP contribution >= 0.6 is 7.82 Å². The van der Waals surface area contributed by atoms with Crippen LogP contribution in [0.25, 0.3) is 0 Å². The molecule has 7 heteroatoms. The predicted molar refractivity (Wildman–Crippen MR) is 114 cm³/mol. The van der Waals surface area contributed by atoms with Crippen molar-refractivity contribution >= 4 is 7.82 Å². The minimum Gasteiger partial charge on any atom is -0.394 e. The predicted octanol–water partition coefficient (Wildman–Crippen LogP) is 4.80. The maximum Gasteiger partial charge on any atom is 0.469 e. The fourth-order valence-electron chi connectivity index (χ4n) is 2.73. The Morgan fingerprint density at radius 2 is 1.39 bits per heavy atom. The Balaban J connectivity index is 3.81. The molecule has 0 aromatic carbocycles. The summed E-state index contributed by atoms with van der Waals surface area (Å²) in [6.45, 7) is 1.61. The third-order valence-corrected chi connectivity index (χ3v) is 4.88. The van der Waals surface area contributed by atoms with Gasteiger partial charge in [-0.2, -0.15) is 0 Å². The van der Waals surface area contributed by atoms with E-state index < -0.39 is 26.6 Å². The van der Waals surface area contributed by atoms with Gasteiger partial charge in [0.2, 0.25) is 0 Å². The molecule has 0 heterocycles. The summed E-state index contributed by atoms with van der Waals surface area (Å²) in [6.07, 6.45) is 21.7. The van der Waals surface area contributed by atoms with Crippen molar-refractivity contribution in [1.29, 1.82) is 0 Å². The Hall–Kier alpha value is -0.750. The number of phosphoric ester groups is 1. The van der Waals surface area contributed by atoms with E-state index in [-0.39, 0.29) is 6.42 Å². The Labute approximate surface area is 170 Å². The number of aliphatic hydroxyl groups excluding tert-OH is 2. The molecule has 0 saturated carbocycles. The monoisotopic (exact) mass is 418 g/mol. The van der Waals surface area contributed by atoms with Crippen molar-refractivity contribution in [2.45, 2.75) is 89.8 Å². The molecule has 0 fully saturated rings. The van der Waals surface area contributed by atoms with Crippen LogP contribution in [0, 0.1) is 0 Å². The van der Waals surface area contributed by atoms with Crippen LogP contribution in [0.3, 0.4) is 0 Å². The summed E-state index contributed by atoms with van der Waals surface area (Å²) in [4.78, 5) is 17.6. The molecule has 164 valence electrons. The van der Waals surface area contributed by atoms with E-state index in [0.29, 0.717) is 0 Å². The van der Waals surface area contributed by atoms with Gasteiger partial charge in [-0.05, 0) is 19.3 Å². The van der Waals surface area contributed by atoms with Crippen molar-refractivity contribution in [2.24, 2.45) is 0 Å². The Bertz CT molecular complexity index is 483. The number of allylic oxidation sites excluding steroid dienone is 5. The highest BCUT2D eigenvalue weighted by Crippen LogP contribution is 2.39. The lowest BCUT2D eigenvalue weighted by atomic mass is 10.1. The molecular weight excluding hydrogens is 379 g/mol. The van der Waals surface area contributed by atoms with Gasteiger partial charge in [-0.1, -0.05) is 94.7 Å². The van der Waals surface area contributed by atoms with E-state index in [1.54, 1.807) is 18.2 Å². The van der Waals surface area contributed by atoms with Crippen molar-refractivity contribution in [2.75, 3.05) is 6.61 Å².